The number of benzene rings is 2. The Hall–Kier alpha value is -1.98. The molecule has 0 heterocycles. The molecule has 118 valence electrons. The SMILES string of the molecule is FC(F)(F)c1ccc(CCc2ccc(C(F)(F)F)cc2)cc1. The monoisotopic (exact) mass is 318 g/mol. The van der Waals surface area contributed by atoms with Crippen molar-refractivity contribution < 1.29 is 26.3 Å². The molecule has 0 aromatic heterocycles. The quantitative estimate of drug-likeness (QED) is 0.655. The van der Waals surface area contributed by atoms with Gasteiger partial charge in [-0.2, -0.15) is 26.3 Å². The molecule has 0 nitrogen and oxygen atoms in total. The lowest BCUT2D eigenvalue weighted by Crippen LogP contribution is -2.05. The number of hydrogen-bond donors (Lipinski definition) is 0. The summed E-state index contributed by atoms with van der Waals surface area (Å²) < 4.78 is 74.5. The fourth-order valence-electron chi connectivity index (χ4n) is 2.01. The molecule has 2 rings (SSSR count). The highest BCUT2D eigenvalue weighted by molar-refractivity contribution is 5.28. The first kappa shape index (κ1) is 16.4. The molecule has 0 radical (unpaired) electrons. The van der Waals surface area contributed by atoms with Gasteiger partial charge in [-0.05, 0) is 48.2 Å². The Kier molecular flexibility index (Phi) is 4.49. The van der Waals surface area contributed by atoms with Crippen molar-refractivity contribution in [1.29, 1.82) is 0 Å². The number of rotatable bonds is 3. The minimum Gasteiger partial charge on any atom is -0.166 e. The van der Waals surface area contributed by atoms with Gasteiger partial charge in [-0.25, -0.2) is 0 Å². The molecular formula is C16H12F6. The van der Waals surface area contributed by atoms with Crippen LogP contribution in [0.4, 0.5) is 26.3 Å². The average Bonchev–Trinajstić information content (AvgIpc) is 2.44. The highest BCUT2D eigenvalue weighted by Crippen LogP contribution is 2.30. The zero-order valence-electron chi connectivity index (χ0n) is 11.3. The second-order valence-electron chi connectivity index (χ2n) is 4.89. The molecule has 0 aliphatic rings. The summed E-state index contributed by atoms with van der Waals surface area (Å²) in [6, 6.07) is 9.54. The van der Waals surface area contributed by atoms with Crippen molar-refractivity contribution >= 4 is 0 Å². The van der Waals surface area contributed by atoms with Crippen LogP contribution in [0.25, 0.3) is 0 Å². The number of halogens is 6. The van der Waals surface area contributed by atoms with Crippen LogP contribution in [0.1, 0.15) is 22.3 Å². The fraction of sp³-hybridized carbons (Fsp3) is 0.250. The van der Waals surface area contributed by atoms with Crippen LogP contribution in [0.5, 0.6) is 0 Å². The summed E-state index contributed by atoms with van der Waals surface area (Å²) in [6.45, 7) is 0. The Morgan fingerprint density at radius 2 is 0.773 bits per heavy atom. The third-order valence-electron chi connectivity index (χ3n) is 3.26. The van der Waals surface area contributed by atoms with Gasteiger partial charge in [0.05, 0.1) is 11.1 Å². The van der Waals surface area contributed by atoms with E-state index in [4.69, 9.17) is 0 Å². The van der Waals surface area contributed by atoms with Crippen LogP contribution in [0, 0.1) is 0 Å². The molecule has 6 heteroatoms. The van der Waals surface area contributed by atoms with Crippen LogP contribution in [-0.4, -0.2) is 0 Å². The summed E-state index contributed by atoms with van der Waals surface area (Å²) in [4.78, 5) is 0. The van der Waals surface area contributed by atoms with Crippen molar-refractivity contribution in [2.24, 2.45) is 0 Å². The van der Waals surface area contributed by atoms with Gasteiger partial charge in [-0.1, -0.05) is 24.3 Å². The van der Waals surface area contributed by atoms with E-state index in [1.807, 2.05) is 0 Å². The van der Waals surface area contributed by atoms with Crippen molar-refractivity contribution in [3.63, 3.8) is 0 Å². The minimum absolute atomic E-state index is 0.462. The Labute approximate surface area is 123 Å². The lowest BCUT2D eigenvalue weighted by atomic mass is 10.0. The molecule has 0 aliphatic heterocycles. The van der Waals surface area contributed by atoms with Crippen LogP contribution >= 0.6 is 0 Å². The molecule has 0 saturated heterocycles. The largest absolute Gasteiger partial charge is 0.416 e. The van der Waals surface area contributed by atoms with E-state index >= 15 is 0 Å². The lowest BCUT2D eigenvalue weighted by molar-refractivity contribution is -0.138. The summed E-state index contributed by atoms with van der Waals surface area (Å²) >= 11 is 0. The number of aryl methyl sites for hydroxylation is 2. The first-order valence-corrected chi connectivity index (χ1v) is 6.48. The molecule has 0 atom stereocenters. The Morgan fingerprint density at radius 1 is 0.500 bits per heavy atom. The minimum atomic E-state index is -4.37. The molecule has 22 heavy (non-hydrogen) atoms. The maximum atomic E-state index is 12.4. The Bertz CT molecular complexity index is 548. The number of alkyl halides is 6. The zero-order chi connectivity index (χ0) is 16.4. The summed E-state index contributed by atoms with van der Waals surface area (Å²) in [7, 11) is 0. The zero-order valence-corrected chi connectivity index (χ0v) is 11.3. The second-order valence-corrected chi connectivity index (χ2v) is 4.89. The van der Waals surface area contributed by atoms with E-state index in [1.165, 1.54) is 24.3 Å². The predicted molar refractivity (Wildman–Crippen MR) is 70.3 cm³/mol. The molecule has 0 fully saturated rings. The molecule has 0 amide bonds. The van der Waals surface area contributed by atoms with Gasteiger partial charge in [0.15, 0.2) is 0 Å². The van der Waals surface area contributed by atoms with E-state index in [2.05, 4.69) is 0 Å². The van der Waals surface area contributed by atoms with E-state index in [0.717, 1.165) is 24.3 Å². The first-order valence-electron chi connectivity index (χ1n) is 6.48. The maximum absolute atomic E-state index is 12.4. The highest BCUT2D eigenvalue weighted by atomic mass is 19.4. The van der Waals surface area contributed by atoms with Crippen LogP contribution in [0.3, 0.4) is 0 Å². The van der Waals surface area contributed by atoms with Crippen LogP contribution in [0.2, 0.25) is 0 Å². The normalized spacial score (nSPS) is 12.5. The van der Waals surface area contributed by atoms with Crippen molar-refractivity contribution in [3.8, 4) is 0 Å². The van der Waals surface area contributed by atoms with Gasteiger partial charge in [0.1, 0.15) is 0 Å². The molecule has 0 saturated carbocycles. The van der Waals surface area contributed by atoms with Gasteiger partial charge in [0.25, 0.3) is 0 Å². The Morgan fingerprint density at radius 3 is 1.00 bits per heavy atom. The maximum Gasteiger partial charge on any atom is 0.416 e. The molecule has 0 bridgehead atoms. The molecule has 0 spiro atoms. The van der Waals surface area contributed by atoms with Crippen molar-refractivity contribution in [2.45, 2.75) is 25.2 Å². The summed E-state index contributed by atoms with van der Waals surface area (Å²) in [5, 5.41) is 0. The first-order chi connectivity index (χ1) is 10.2. The predicted octanol–water partition coefficient (Wildman–Crippen LogP) is 5.51. The fourth-order valence-corrected chi connectivity index (χ4v) is 2.01. The standard InChI is InChI=1S/C16H12F6/c17-15(18,19)13-7-3-11(4-8-13)1-2-12-5-9-14(10-6-12)16(20,21)22/h3-10H,1-2H2. The molecule has 0 N–H and O–H groups in total. The lowest BCUT2D eigenvalue weighted by Gasteiger charge is -2.09. The van der Waals surface area contributed by atoms with Crippen LogP contribution in [0.15, 0.2) is 48.5 Å². The van der Waals surface area contributed by atoms with E-state index in [-0.39, 0.29) is 0 Å². The average molecular weight is 318 g/mol. The van der Waals surface area contributed by atoms with E-state index in [0.29, 0.717) is 24.0 Å². The van der Waals surface area contributed by atoms with Crippen molar-refractivity contribution in [2.75, 3.05) is 0 Å². The van der Waals surface area contributed by atoms with Crippen LogP contribution < -0.4 is 0 Å². The summed E-state index contributed by atoms with van der Waals surface area (Å²) in [5.41, 5.74) is -0.0302. The van der Waals surface area contributed by atoms with Crippen molar-refractivity contribution in [3.05, 3.63) is 70.8 Å². The van der Waals surface area contributed by atoms with E-state index in [1.54, 1.807) is 0 Å². The summed E-state index contributed by atoms with van der Waals surface area (Å²) in [6.07, 6.45) is -7.81. The highest BCUT2D eigenvalue weighted by Gasteiger charge is 2.30. The molecule has 2 aromatic rings. The van der Waals surface area contributed by atoms with E-state index in [9.17, 15) is 26.3 Å². The Balaban J connectivity index is 1.98. The van der Waals surface area contributed by atoms with Crippen molar-refractivity contribution in [1.82, 2.24) is 0 Å². The van der Waals surface area contributed by atoms with Gasteiger partial charge < -0.3 is 0 Å². The van der Waals surface area contributed by atoms with Gasteiger partial charge in [0, 0.05) is 0 Å². The van der Waals surface area contributed by atoms with Gasteiger partial charge in [-0.3, -0.25) is 0 Å². The molecular weight excluding hydrogens is 306 g/mol. The molecule has 2 aromatic carbocycles. The molecule has 0 unspecified atom stereocenters. The van der Waals surface area contributed by atoms with Gasteiger partial charge in [0.2, 0.25) is 0 Å². The third kappa shape index (κ3) is 4.26. The van der Waals surface area contributed by atoms with Gasteiger partial charge >= 0.3 is 12.4 Å². The number of hydrogen-bond acceptors (Lipinski definition) is 0. The summed E-state index contributed by atoms with van der Waals surface area (Å²) in [5.74, 6) is 0. The smallest absolute Gasteiger partial charge is 0.166 e. The molecule has 0 aliphatic carbocycles. The van der Waals surface area contributed by atoms with Crippen LogP contribution in [-0.2, 0) is 25.2 Å². The van der Waals surface area contributed by atoms with E-state index < -0.39 is 23.5 Å². The second kappa shape index (κ2) is 6.02. The van der Waals surface area contributed by atoms with Gasteiger partial charge in [-0.15, -0.1) is 0 Å². The topological polar surface area (TPSA) is 0 Å². The third-order valence-corrected chi connectivity index (χ3v) is 3.26.